The molecular formula is C21H24N2O2. The average molecular weight is 336 g/mol. The van der Waals surface area contributed by atoms with E-state index < -0.39 is 11.8 Å². The molecule has 1 N–H and O–H groups in total. The van der Waals surface area contributed by atoms with Gasteiger partial charge in [0.25, 0.3) is 0 Å². The van der Waals surface area contributed by atoms with Crippen LogP contribution in [0.15, 0.2) is 60.7 Å². The fourth-order valence-electron chi connectivity index (χ4n) is 3.26. The van der Waals surface area contributed by atoms with Crippen molar-refractivity contribution in [3.8, 4) is 0 Å². The molecule has 1 atom stereocenters. The summed E-state index contributed by atoms with van der Waals surface area (Å²) < 4.78 is 7.59. The molecule has 0 saturated heterocycles. The first-order valence-corrected chi connectivity index (χ1v) is 8.38. The molecule has 4 heteroatoms. The quantitative estimate of drug-likeness (QED) is 0.769. The Bertz CT molecular complexity index is 802. The SMILES string of the molecule is COC(n1nc(C)c(C)c1C)C(O)(c1ccccc1)c1ccccc1. The van der Waals surface area contributed by atoms with Crippen LogP contribution in [-0.4, -0.2) is 22.0 Å². The Morgan fingerprint density at radius 2 is 1.40 bits per heavy atom. The lowest BCUT2D eigenvalue weighted by Crippen LogP contribution is -2.40. The topological polar surface area (TPSA) is 47.3 Å². The number of benzene rings is 2. The molecule has 0 aliphatic heterocycles. The second-order valence-electron chi connectivity index (χ2n) is 6.33. The molecule has 4 nitrogen and oxygen atoms in total. The van der Waals surface area contributed by atoms with Crippen LogP contribution in [0.25, 0.3) is 0 Å². The molecule has 2 aromatic carbocycles. The zero-order valence-electron chi connectivity index (χ0n) is 15.1. The summed E-state index contributed by atoms with van der Waals surface area (Å²) in [4.78, 5) is 0. The van der Waals surface area contributed by atoms with Crippen molar-refractivity contribution in [1.29, 1.82) is 0 Å². The van der Waals surface area contributed by atoms with Gasteiger partial charge >= 0.3 is 0 Å². The maximum Gasteiger partial charge on any atom is 0.186 e. The van der Waals surface area contributed by atoms with Gasteiger partial charge in [-0.15, -0.1) is 0 Å². The molecule has 0 aliphatic rings. The minimum absolute atomic E-state index is 0.690. The summed E-state index contributed by atoms with van der Waals surface area (Å²) in [6.45, 7) is 6.00. The lowest BCUT2D eigenvalue weighted by Gasteiger charge is -2.36. The minimum Gasteiger partial charge on any atom is -0.376 e. The highest BCUT2D eigenvalue weighted by Gasteiger charge is 2.43. The molecular weight excluding hydrogens is 312 g/mol. The molecule has 3 rings (SSSR count). The van der Waals surface area contributed by atoms with Gasteiger partial charge in [0, 0.05) is 12.8 Å². The van der Waals surface area contributed by atoms with Crippen LogP contribution in [0.5, 0.6) is 0 Å². The van der Waals surface area contributed by atoms with Gasteiger partial charge in [-0.1, -0.05) is 60.7 Å². The predicted octanol–water partition coefficient (Wildman–Crippen LogP) is 3.89. The Labute approximate surface area is 148 Å². The van der Waals surface area contributed by atoms with E-state index in [4.69, 9.17) is 4.74 Å². The van der Waals surface area contributed by atoms with E-state index in [1.165, 1.54) is 0 Å². The first-order chi connectivity index (χ1) is 12.0. The Hall–Kier alpha value is -2.43. The van der Waals surface area contributed by atoms with Crippen LogP contribution in [0.3, 0.4) is 0 Å². The van der Waals surface area contributed by atoms with Crippen LogP contribution < -0.4 is 0 Å². The molecule has 130 valence electrons. The van der Waals surface area contributed by atoms with Gasteiger partial charge in [-0.2, -0.15) is 5.10 Å². The molecule has 1 heterocycles. The molecule has 0 spiro atoms. The van der Waals surface area contributed by atoms with Crippen LogP contribution in [0.4, 0.5) is 0 Å². The van der Waals surface area contributed by atoms with Crippen LogP contribution in [0, 0.1) is 20.8 Å². The van der Waals surface area contributed by atoms with Crippen molar-refractivity contribution in [1.82, 2.24) is 9.78 Å². The molecule has 0 bridgehead atoms. The van der Waals surface area contributed by atoms with E-state index in [2.05, 4.69) is 5.10 Å². The van der Waals surface area contributed by atoms with Gasteiger partial charge < -0.3 is 9.84 Å². The van der Waals surface area contributed by atoms with E-state index in [1.807, 2.05) is 81.4 Å². The summed E-state index contributed by atoms with van der Waals surface area (Å²) in [7, 11) is 1.60. The van der Waals surface area contributed by atoms with Crippen molar-refractivity contribution in [2.75, 3.05) is 7.11 Å². The summed E-state index contributed by atoms with van der Waals surface area (Å²) >= 11 is 0. The van der Waals surface area contributed by atoms with Gasteiger partial charge in [0.1, 0.15) is 0 Å². The molecule has 1 aromatic heterocycles. The van der Waals surface area contributed by atoms with Crippen LogP contribution in [-0.2, 0) is 10.3 Å². The largest absolute Gasteiger partial charge is 0.376 e. The summed E-state index contributed by atoms with van der Waals surface area (Å²) in [5.41, 5.74) is 3.17. The highest BCUT2D eigenvalue weighted by Crippen LogP contribution is 2.40. The number of methoxy groups -OCH3 is 1. The smallest absolute Gasteiger partial charge is 0.186 e. The number of ether oxygens (including phenoxy) is 1. The van der Waals surface area contributed by atoms with Crippen molar-refractivity contribution < 1.29 is 9.84 Å². The molecule has 0 amide bonds. The maximum absolute atomic E-state index is 11.9. The summed E-state index contributed by atoms with van der Waals surface area (Å²) in [6, 6.07) is 19.2. The van der Waals surface area contributed by atoms with Crippen LogP contribution >= 0.6 is 0 Å². The van der Waals surface area contributed by atoms with Gasteiger partial charge in [-0.3, -0.25) is 0 Å². The van der Waals surface area contributed by atoms with Gasteiger partial charge in [0.05, 0.1) is 5.69 Å². The molecule has 0 aliphatic carbocycles. The van der Waals surface area contributed by atoms with Crippen molar-refractivity contribution in [2.45, 2.75) is 32.6 Å². The predicted molar refractivity (Wildman–Crippen MR) is 98.4 cm³/mol. The van der Waals surface area contributed by atoms with Crippen LogP contribution in [0.1, 0.15) is 34.3 Å². The summed E-state index contributed by atoms with van der Waals surface area (Å²) in [6.07, 6.45) is -0.690. The van der Waals surface area contributed by atoms with E-state index in [1.54, 1.807) is 11.8 Å². The van der Waals surface area contributed by atoms with Crippen molar-refractivity contribution in [3.05, 3.63) is 88.7 Å². The molecule has 1 unspecified atom stereocenters. The van der Waals surface area contributed by atoms with Gasteiger partial charge in [0.15, 0.2) is 11.8 Å². The number of aryl methyl sites for hydroxylation is 1. The van der Waals surface area contributed by atoms with E-state index in [9.17, 15) is 5.11 Å². The van der Waals surface area contributed by atoms with E-state index in [0.29, 0.717) is 0 Å². The van der Waals surface area contributed by atoms with Gasteiger partial charge in [-0.25, -0.2) is 4.68 Å². The van der Waals surface area contributed by atoms with Crippen molar-refractivity contribution >= 4 is 0 Å². The Kier molecular flexibility index (Phi) is 4.75. The first-order valence-electron chi connectivity index (χ1n) is 8.38. The lowest BCUT2D eigenvalue weighted by atomic mass is 9.84. The lowest BCUT2D eigenvalue weighted by molar-refractivity contribution is -0.120. The van der Waals surface area contributed by atoms with Gasteiger partial charge in [-0.05, 0) is 37.5 Å². The zero-order valence-corrected chi connectivity index (χ0v) is 15.1. The molecule has 0 radical (unpaired) electrons. The molecule has 3 aromatic rings. The highest BCUT2D eigenvalue weighted by atomic mass is 16.5. The summed E-state index contributed by atoms with van der Waals surface area (Å²) in [5.74, 6) is 0. The van der Waals surface area contributed by atoms with E-state index in [-0.39, 0.29) is 0 Å². The third kappa shape index (κ3) is 2.88. The number of hydrogen-bond acceptors (Lipinski definition) is 3. The number of aliphatic hydroxyl groups is 1. The van der Waals surface area contributed by atoms with Crippen molar-refractivity contribution in [2.24, 2.45) is 0 Å². The zero-order chi connectivity index (χ0) is 18.0. The normalized spacial score (nSPS) is 13.0. The second kappa shape index (κ2) is 6.82. The summed E-state index contributed by atoms with van der Waals surface area (Å²) in [5, 5.41) is 16.5. The maximum atomic E-state index is 11.9. The standard InChI is InChI=1S/C21H24N2O2/c1-15-16(2)22-23(17(15)3)20(25-4)21(24,18-11-7-5-8-12-18)19-13-9-6-10-14-19/h5-14,20,24H,1-4H3. The Morgan fingerprint density at radius 3 is 1.76 bits per heavy atom. The van der Waals surface area contributed by atoms with E-state index in [0.717, 1.165) is 28.1 Å². The van der Waals surface area contributed by atoms with E-state index >= 15 is 0 Å². The Balaban J connectivity index is 2.25. The van der Waals surface area contributed by atoms with Crippen molar-refractivity contribution in [3.63, 3.8) is 0 Å². The molecule has 25 heavy (non-hydrogen) atoms. The fraction of sp³-hybridized carbons (Fsp3) is 0.286. The third-order valence-electron chi connectivity index (χ3n) is 4.92. The molecule has 0 saturated carbocycles. The number of aromatic nitrogens is 2. The second-order valence-corrected chi connectivity index (χ2v) is 6.33. The first kappa shape index (κ1) is 17.4. The number of hydrogen-bond donors (Lipinski definition) is 1. The minimum atomic E-state index is -1.37. The monoisotopic (exact) mass is 336 g/mol. The van der Waals surface area contributed by atoms with Crippen LogP contribution in [0.2, 0.25) is 0 Å². The highest BCUT2D eigenvalue weighted by molar-refractivity contribution is 5.37. The fourth-order valence-corrected chi connectivity index (χ4v) is 3.26. The number of nitrogens with zero attached hydrogens (tertiary/aromatic N) is 2. The Morgan fingerprint density at radius 1 is 0.920 bits per heavy atom. The van der Waals surface area contributed by atoms with Gasteiger partial charge in [0.2, 0.25) is 0 Å². The average Bonchev–Trinajstić information content (AvgIpc) is 2.91. The molecule has 0 fully saturated rings. The third-order valence-corrected chi connectivity index (χ3v) is 4.92. The number of rotatable bonds is 5.